The maximum absolute atomic E-state index is 11.9. The molecule has 25 heavy (non-hydrogen) atoms. The first kappa shape index (κ1) is 17.4. The first-order valence-electron chi connectivity index (χ1n) is 8.26. The van der Waals surface area contributed by atoms with E-state index in [4.69, 9.17) is 9.15 Å². The smallest absolute Gasteiger partial charge is 0.433 e. The Morgan fingerprint density at radius 1 is 1.32 bits per heavy atom. The Labute approximate surface area is 144 Å². The molecule has 1 unspecified atom stereocenters. The minimum Gasteiger partial charge on any atom is -0.441 e. The van der Waals surface area contributed by atoms with Crippen LogP contribution in [0.2, 0.25) is 0 Å². The third-order valence-electron chi connectivity index (χ3n) is 4.35. The van der Waals surface area contributed by atoms with Gasteiger partial charge in [-0.05, 0) is 12.6 Å². The summed E-state index contributed by atoms with van der Waals surface area (Å²) >= 11 is 0. The van der Waals surface area contributed by atoms with Crippen molar-refractivity contribution in [2.45, 2.75) is 13.0 Å². The number of likely N-dealkylation sites (N-methyl/N-ethyl adjacent to an activating group) is 1. The molecule has 1 amide bonds. The van der Waals surface area contributed by atoms with Gasteiger partial charge < -0.3 is 14.1 Å². The van der Waals surface area contributed by atoms with Crippen molar-refractivity contribution in [3.05, 3.63) is 28.0 Å². The Kier molecular flexibility index (Phi) is 5.29. The number of hydrazone groups is 1. The number of piperazine rings is 1. The highest BCUT2D eigenvalue weighted by Crippen LogP contribution is 2.16. The van der Waals surface area contributed by atoms with Gasteiger partial charge in [0, 0.05) is 32.7 Å². The molecule has 1 aromatic heterocycles. The largest absolute Gasteiger partial charge is 0.441 e. The molecule has 0 bridgehead atoms. The summed E-state index contributed by atoms with van der Waals surface area (Å²) in [6.45, 7) is 8.21. The lowest BCUT2D eigenvalue weighted by atomic mass is 10.2. The Balaban J connectivity index is 1.50. The second kappa shape index (κ2) is 7.62. The average molecular weight is 351 g/mol. The first-order chi connectivity index (χ1) is 12.0. The van der Waals surface area contributed by atoms with Crippen LogP contribution in [0.25, 0.3) is 0 Å². The molecule has 2 fully saturated rings. The molecule has 0 N–H and O–H groups in total. The maximum Gasteiger partial charge on any atom is 0.433 e. The van der Waals surface area contributed by atoms with Crippen molar-refractivity contribution in [3.8, 4) is 0 Å². The number of nitro groups is 1. The number of hydrogen-bond donors (Lipinski definition) is 0. The lowest BCUT2D eigenvalue weighted by Gasteiger charge is -2.34. The highest BCUT2D eigenvalue weighted by molar-refractivity contribution is 5.78. The highest BCUT2D eigenvalue weighted by atomic mass is 16.6. The van der Waals surface area contributed by atoms with Crippen LogP contribution in [0.5, 0.6) is 0 Å². The van der Waals surface area contributed by atoms with E-state index in [9.17, 15) is 14.9 Å². The van der Waals surface area contributed by atoms with Crippen molar-refractivity contribution in [2.24, 2.45) is 5.10 Å². The molecule has 3 rings (SSSR count). The van der Waals surface area contributed by atoms with Crippen molar-refractivity contribution < 1.29 is 18.9 Å². The van der Waals surface area contributed by atoms with E-state index >= 15 is 0 Å². The molecule has 2 saturated heterocycles. The van der Waals surface area contributed by atoms with Gasteiger partial charge in [-0.3, -0.25) is 15.0 Å². The molecule has 136 valence electrons. The second-order valence-corrected chi connectivity index (χ2v) is 6.00. The number of hydrogen-bond acceptors (Lipinski definition) is 8. The highest BCUT2D eigenvalue weighted by Gasteiger charge is 2.33. The molecule has 10 nitrogen and oxygen atoms in total. The third-order valence-corrected chi connectivity index (χ3v) is 4.35. The molecule has 0 aromatic carbocycles. The van der Waals surface area contributed by atoms with Crippen LogP contribution in [-0.4, -0.2) is 84.0 Å². The molecule has 2 aliphatic heterocycles. The summed E-state index contributed by atoms with van der Waals surface area (Å²) in [6, 6.07) is 2.66. The zero-order valence-electron chi connectivity index (χ0n) is 14.0. The maximum atomic E-state index is 11.9. The fourth-order valence-electron chi connectivity index (χ4n) is 2.91. The zero-order valence-corrected chi connectivity index (χ0v) is 14.0. The molecular weight excluding hydrogens is 330 g/mol. The van der Waals surface area contributed by atoms with Crippen molar-refractivity contribution in [1.29, 1.82) is 0 Å². The summed E-state index contributed by atoms with van der Waals surface area (Å²) < 4.78 is 10.3. The number of ether oxygens (including phenoxy) is 1. The average Bonchev–Trinajstić information content (AvgIpc) is 3.20. The molecular formula is C15H21N5O5. The fraction of sp³-hybridized carbons (Fsp3) is 0.600. The molecule has 0 saturated carbocycles. The number of carbonyl (C=O) groups excluding carboxylic acids is 1. The van der Waals surface area contributed by atoms with E-state index in [0.29, 0.717) is 13.1 Å². The summed E-state index contributed by atoms with van der Waals surface area (Å²) in [4.78, 5) is 26.5. The fourth-order valence-corrected chi connectivity index (χ4v) is 2.91. The quantitative estimate of drug-likeness (QED) is 0.427. The Bertz CT molecular complexity index is 652. The molecule has 3 heterocycles. The van der Waals surface area contributed by atoms with Crippen LogP contribution < -0.4 is 0 Å². The van der Waals surface area contributed by atoms with E-state index in [0.717, 1.165) is 32.7 Å². The lowest BCUT2D eigenvalue weighted by Crippen LogP contribution is -2.48. The summed E-state index contributed by atoms with van der Waals surface area (Å²) in [6.07, 6.45) is 0.523. The summed E-state index contributed by atoms with van der Waals surface area (Å²) in [5.74, 6) is -0.159. The number of rotatable bonds is 6. The van der Waals surface area contributed by atoms with Crippen molar-refractivity contribution in [1.82, 2.24) is 14.8 Å². The van der Waals surface area contributed by atoms with Crippen LogP contribution in [0, 0.1) is 10.1 Å². The van der Waals surface area contributed by atoms with E-state index in [1.54, 1.807) is 0 Å². The SMILES string of the molecule is CCN1CCN(CC2CN(/N=C/c3ccc([N+](=O)[O-])o3)C(=O)O2)CC1. The molecule has 1 atom stereocenters. The van der Waals surface area contributed by atoms with Gasteiger partial charge in [-0.1, -0.05) is 6.92 Å². The van der Waals surface area contributed by atoms with Gasteiger partial charge in [-0.2, -0.15) is 10.1 Å². The Hall–Kier alpha value is -2.46. The molecule has 1 aromatic rings. The predicted molar refractivity (Wildman–Crippen MR) is 88.5 cm³/mol. The summed E-state index contributed by atoms with van der Waals surface area (Å²) in [5.41, 5.74) is 0. The molecule has 0 radical (unpaired) electrons. The topological polar surface area (TPSA) is 105 Å². The van der Waals surface area contributed by atoms with Crippen LogP contribution in [0.1, 0.15) is 12.7 Å². The minimum absolute atomic E-state index is 0.207. The van der Waals surface area contributed by atoms with Crippen LogP contribution in [0.4, 0.5) is 10.7 Å². The molecule has 2 aliphatic rings. The van der Waals surface area contributed by atoms with Crippen molar-refractivity contribution in [2.75, 3.05) is 45.8 Å². The van der Waals surface area contributed by atoms with Crippen molar-refractivity contribution >= 4 is 18.2 Å². The van der Waals surface area contributed by atoms with Crippen LogP contribution in [0.15, 0.2) is 21.7 Å². The van der Waals surface area contributed by atoms with E-state index in [2.05, 4.69) is 21.8 Å². The van der Waals surface area contributed by atoms with Gasteiger partial charge in [0.1, 0.15) is 11.0 Å². The second-order valence-electron chi connectivity index (χ2n) is 6.00. The Morgan fingerprint density at radius 2 is 2.04 bits per heavy atom. The van der Waals surface area contributed by atoms with E-state index in [-0.39, 0.29) is 17.7 Å². The number of nitrogens with zero attached hydrogens (tertiary/aromatic N) is 5. The predicted octanol–water partition coefficient (Wildman–Crippen LogP) is 0.980. The van der Waals surface area contributed by atoms with Gasteiger partial charge in [0.25, 0.3) is 0 Å². The van der Waals surface area contributed by atoms with Gasteiger partial charge >= 0.3 is 12.0 Å². The molecule has 0 spiro atoms. The number of cyclic esters (lactones) is 1. The van der Waals surface area contributed by atoms with Crippen LogP contribution >= 0.6 is 0 Å². The van der Waals surface area contributed by atoms with E-state index < -0.39 is 11.0 Å². The monoisotopic (exact) mass is 351 g/mol. The van der Waals surface area contributed by atoms with E-state index in [1.165, 1.54) is 23.4 Å². The summed E-state index contributed by atoms with van der Waals surface area (Å²) in [5, 5.41) is 15.8. The number of amides is 1. The zero-order chi connectivity index (χ0) is 17.8. The number of furan rings is 1. The summed E-state index contributed by atoms with van der Waals surface area (Å²) in [7, 11) is 0. The standard InChI is InChI=1S/C15H21N5O5/c1-2-17-5-7-18(8-6-17)10-13-11-19(15(21)25-13)16-9-12-3-4-14(24-12)20(22)23/h3-4,9,13H,2,5-8,10-11H2,1H3/b16-9+. The molecule has 10 heteroatoms. The minimum atomic E-state index is -0.629. The van der Waals surface area contributed by atoms with Gasteiger partial charge in [-0.15, -0.1) is 0 Å². The van der Waals surface area contributed by atoms with Gasteiger partial charge in [-0.25, -0.2) is 4.79 Å². The van der Waals surface area contributed by atoms with Crippen LogP contribution in [0.3, 0.4) is 0 Å². The first-order valence-corrected chi connectivity index (χ1v) is 8.26. The Morgan fingerprint density at radius 3 is 2.68 bits per heavy atom. The van der Waals surface area contributed by atoms with Gasteiger partial charge in [0.05, 0.1) is 18.8 Å². The third kappa shape index (κ3) is 4.34. The van der Waals surface area contributed by atoms with Gasteiger partial charge in [0.2, 0.25) is 0 Å². The van der Waals surface area contributed by atoms with Gasteiger partial charge in [0.15, 0.2) is 5.76 Å². The van der Waals surface area contributed by atoms with E-state index in [1.807, 2.05) is 0 Å². The van der Waals surface area contributed by atoms with Crippen LogP contribution in [-0.2, 0) is 4.74 Å². The normalized spacial score (nSPS) is 22.7. The molecule has 0 aliphatic carbocycles. The van der Waals surface area contributed by atoms with Crippen molar-refractivity contribution in [3.63, 3.8) is 0 Å². The number of carbonyl (C=O) groups is 1. The lowest BCUT2D eigenvalue weighted by molar-refractivity contribution is -0.402.